The number of aromatic nitrogens is 3. The summed E-state index contributed by atoms with van der Waals surface area (Å²) in [5.41, 5.74) is 3.34. The summed E-state index contributed by atoms with van der Waals surface area (Å²) in [6.07, 6.45) is 4.09. The van der Waals surface area contributed by atoms with Crippen LogP contribution in [0.5, 0.6) is 5.75 Å². The minimum atomic E-state index is 0.0185. The summed E-state index contributed by atoms with van der Waals surface area (Å²) in [6.45, 7) is 7.74. The van der Waals surface area contributed by atoms with E-state index in [1.54, 1.807) is 6.20 Å². The van der Waals surface area contributed by atoms with Gasteiger partial charge < -0.3 is 10.1 Å². The fourth-order valence-corrected chi connectivity index (χ4v) is 4.33. The lowest BCUT2D eigenvalue weighted by Crippen LogP contribution is -2.44. The molecule has 1 saturated heterocycles. The normalized spacial score (nSPS) is 19.2. The Bertz CT molecular complexity index is 1010. The highest BCUT2D eigenvalue weighted by Crippen LogP contribution is 2.34. The van der Waals surface area contributed by atoms with Crippen molar-refractivity contribution in [1.29, 1.82) is 0 Å². The highest BCUT2D eigenvalue weighted by Gasteiger charge is 2.34. The van der Waals surface area contributed by atoms with Crippen LogP contribution in [0.15, 0.2) is 54.7 Å². The summed E-state index contributed by atoms with van der Waals surface area (Å²) in [4.78, 5) is 16.1. The molecule has 1 unspecified atom stereocenters. The number of hydrogen-bond acceptors (Lipinski definition) is 6. The molecule has 1 aromatic carbocycles. The van der Waals surface area contributed by atoms with Crippen LogP contribution >= 0.6 is 0 Å². The Balaban J connectivity index is 1.43. The van der Waals surface area contributed by atoms with Gasteiger partial charge in [0.05, 0.1) is 11.4 Å². The number of ether oxygens (including phenoxy) is 1. The van der Waals surface area contributed by atoms with Gasteiger partial charge in [0.15, 0.2) is 0 Å². The monoisotopic (exact) mass is 417 g/mol. The van der Waals surface area contributed by atoms with E-state index < -0.39 is 0 Å². The second-order valence-electron chi connectivity index (χ2n) is 8.57. The number of anilines is 1. The number of benzene rings is 1. The fraction of sp³-hybridized carbons (Fsp3) is 0.400. The molecule has 1 aliphatic rings. The zero-order chi connectivity index (χ0) is 21.7. The van der Waals surface area contributed by atoms with Gasteiger partial charge in [-0.3, -0.25) is 9.88 Å². The van der Waals surface area contributed by atoms with Crippen molar-refractivity contribution in [3.8, 4) is 5.75 Å². The first-order valence-electron chi connectivity index (χ1n) is 10.9. The van der Waals surface area contributed by atoms with Crippen molar-refractivity contribution >= 4 is 5.82 Å². The van der Waals surface area contributed by atoms with Crippen molar-refractivity contribution < 1.29 is 4.74 Å². The number of piperidine rings is 1. The molecule has 31 heavy (non-hydrogen) atoms. The number of hydrogen-bond donors (Lipinski definition) is 1. The van der Waals surface area contributed by atoms with Gasteiger partial charge in [-0.05, 0) is 56.1 Å². The lowest BCUT2D eigenvalue weighted by molar-refractivity contribution is 0.147. The third-order valence-corrected chi connectivity index (χ3v) is 5.91. The standard InChI is InChI=1S/C25H31N5O/c1-19-28-23(15-24(26-3)29-19)25(2)11-7-13-30(18-25)16-20-8-6-10-22(14-20)31-17-21-9-4-5-12-27-21/h4-6,8-10,12,14-15H,7,11,13,16-18H2,1-3H3,(H,26,28,29). The summed E-state index contributed by atoms with van der Waals surface area (Å²) in [7, 11) is 1.91. The minimum Gasteiger partial charge on any atom is -0.487 e. The van der Waals surface area contributed by atoms with E-state index >= 15 is 0 Å². The summed E-state index contributed by atoms with van der Waals surface area (Å²) < 4.78 is 5.97. The van der Waals surface area contributed by atoms with E-state index in [2.05, 4.69) is 51.4 Å². The Labute approximate surface area is 184 Å². The van der Waals surface area contributed by atoms with Gasteiger partial charge in [0.25, 0.3) is 0 Å². The molecule has 0 amide bonds. The number of nitrogens with zero attached hydrogens (tertiary/aromatic N) is 4. The predicted octanol–water partition coefficient (Wildman–Crippen LogP) is 4.35. The maximum absolute atomic E-state index is 5.97. The zero-order valence-electron chi connectivity index (χ0n) is 18.6. The third kappa shape index (κ3) is 5.39. The van der Waals surface area contributed by atoms with Crippen molar-refractivity contribution in [2.24, 2.45) is 0 Å². The topological polar surface area (TPSA) is 63.2 Å². The van der Waals surface area contributed by atoms with Crippen LogP contribution in [0, 0.1) is 6.92 Å². The largest absolute Gasteiger partial charge is 0.487 e. The van der Waals surface area contributed by atoms with Gasteiger partial charge in [-0.15, -0.1) is 0 Å². The Morgan fingerprint density at radius 2 is 2.03 bits per heavy atom. The molecule has 4 rings (SSSR count). The van der Waals surface area contributed by atoms with Gasteiger partial charge in [0.1, 0.15) is 24.0 Å². The molecule has 3 aromatic rings. The van der Waals surface area contributed by atoms with Gasteiger partial charge in [0, 0.05) is 37.8 Å². The average molecular weight is 418 g/mol. The van der Waals surface area contributed by atoms with E-state index in [1.165, 1.54) is 5.56 Å². The first-order valence-corrected chi connectivity index (χ1v) is 10.9. The molecule has 0 aliphatic carbocycles. The van der Waals surface area contributed by atoms with E-state index in [0.29, 0.717) is 6.61 Å². The number of likely N-dealkylation sites (tertiary alicyclic amines) is 1. The lowest BCUT2D eigenvalue weighted by atomic mass is 9.78. The maximum atomic E-state index is 5.97. The number of pyridine rings is 1. The molecular formula is C25H31N5O. The van der Waals surface area contributed by atoms with Gasteiger partial charge >= 0.3 is 0 Å². The number of aryl methyl sites for hydroxylation is 1. The smallest absolute Gasteiger partial charge is 0.130 e. The number of rotatable bonds is 7. The minimum absolute atomic E-state index is 0.0185. The second-order valence-corrected chi connectivity index (χ2v) is 8.57. The molecule has 6 heteroatoms. The Morgan fingerprint density at radius 1 is 1.13 bits per heavy atom. The molecule has 0 bridgehead atoms. The Hall–Kier alpha value is -2.99. The highest BCUT2D eigenvalue weighted by atomic mass is 16.5. The van der Waals surface area contributed by atoms with Crippen LogP contribution in [0.1, 0.15) is 42.5 Å². The quantitative estimate of drug-likeness (QED) is 0.616. The predicted molar refractivity (Wildman–Crippen MR) is 123 cm³/mol. The second kappa shape index (κ2) is 9.43. The molecular weight excluding hydrogens is 386 g/mol. The average Bonchev–Trinajstić information content (AvgIpc) is 2.78. The third-order valence-electron chi connectivity index (χ3n) is 5.91. The Morgan fingerprint density at radius 3 is 2.84 bits per heavy atom. The summed E-state index contributed by atoms with van der Waals surface area (Å²) in [5, 5.41) is 3.16. The van der Waals surface area contributed by atoms with E-state index in [1.807, 2.05) is 38.2 Å². The molecule has 1 aliphatic heterocycles. The van der Waals surface area contributed by atoms with Crippen molar-refractivity contribution in [3.05, 3.63) is 77.5 Å². The SMILES string of the molecule is CNc1cc(C2(C)CCCN(Cc3cccc(OCc4ccccn4)c3)C2)nc(C)n1. The van der Waals surface area contributed by atoms with E-state index in [9.17, 15) is 0 Å². The molecule has 1 N–H and O–H groups in total. The summed E-state index contributed by atoms with van der Waals surface area (Å²) in [6, 6.07) is 16.4. The van der Waals surface area contributed by atoms with Gasteiger partial charge in [0.2, 0.25) is 0 Å². The molecule has 0 radical (unpaired) electrons. The molecule has 1 fully saturated rings. The van der Waals surface area contributed by atoms with E-state index in [4.69, 9.17) is 9.72 Å². The number of nitrogens with one attached hydrogen (secondary N) is 1. The van der Waals surface area contributed by atoms with Crippen LogP contribution < -0.4 is 10.1 Å². The van der Waals surface area contributed by atoms with Crippen molar-refractivity contribution in [2.45, 2.75) is 45.3 Å². The lowest BCUT2D eigenvalue weighted by Gasteiger charge is -2.40. The van der Waals surface area contributed by atoms with Crippen LogP contribution in [0.4, 0.5) is 5.82 Å². The van der Waals surface area contributed by atoms with Crippen molar-refractivity contribution in [2.75, 3.05) is 25.5 Å². The van der Waals surface area contributed by atoms with Gasteiger partial charge in [-0.2, -0.15) is 0 Å². The van der Waals surface area contributed by atoms with Gasteiger partial charge in [-0.25, -0.2) is 9.97 Å². The highest BCUT2D eigenvalue weighted by molar-refractivity contribution is 5.38. The molecule has 1 atom stereocenters. The first kappa shape index (κ1) is 21.2. The van der Waals surface area contributed by atoms with Crippen LogP contribution in [0.3, 0.4) is 0 Å². The Kier molecular flexibility index (Phi) is 6.47. The van der Waals surface area contributed by atoms with Crippen LogP contribution in [-0.4, -0.2) is 40.0 Å². The maximum Gasteiger partial charge on any atom is 0.130 e. The van der Waals surface area contributed by atoms with Crippen molar-refractivity contribution in [3.63, 3.8) is 0 Å². The first-order chi connectivity index (χ1) is 15.0. The molecule has 2 aromatic heterocycles. The van der Waals surface area contributed by atoms with Crippen LogP contribution in [-0.2, 0) is 18.6 Å². The van der Waals surface area contributed by atoms with Crippen LogP contribution in [0.25, 0.3) is 0 Å². The molecule has 6 nitrogen and oxygen atoms in total. The van der Waals surface area contributed by atoms with Crippen LogP contribution in [0.2, 0.25) is 0 Å². The fourth-order valence-electron chi connectivity index (χ4n) is 4.33. The summed E-state index contributed by atoms with van der Waals surface area (Å²) in [5.74, 6) is 2.59. The molecule has 3 heterocycles. The molecule has 0 spiro atoms. The van der Waals surface area contributed by atoms with Crippen molar-refractivity contribution in [1.82, 2.24) is 19.9 Å². The molecule has 0 saturated carbocycles. The molecule has 162 valence electrons. The zero-order valence-corrected chi connectivity index (χ0v) is 18.6. The van der Waals surface area contributed by atoms with E-state index in [-0.39, 0.29) is 5.41 Å². The van der Waals surface area contributed by atoms with Gasteiger partial charge in [-0.1, -0.05) is 25.1 Å². The van der Waals surface area contributed by atoms with E-state index in [0.717, 1.165) is 61.3 Å². The summed E-state index contributed by atoms with van der Waals surface area (Å²) >= 11 is 0.